The lowest BCUT2D eigenvalue weighted by Gasteiger charge is -2.17. The van der Waals surface area contributed by atoms with Crippen molar-refractivity contribution in [3.8, 4) is 0 Å². The maximum Gasteiger partial charge on any atom is 0.0832 e. The molecule has 4 heteroatoms. The monoisotopic (exact) mass is 267 g/mol. The smallest absolute Gasteiger partial charge is 0.0832 e. The van der Waals surface area contributed by atoms with E-state index in [-0.39, 0.29) is 5.41 Å². The molecule has 1 heterocycles. The molecule has 1 aromatic rings. The second-order valence-electron chi connectivity index (χ2n) is 7.63. The second-order valence-corrected chi connectivity index (χ2v) is 7.63. The van der Waals surface area contributed by atoms with Crippen LogP contribution in [0.3, 0.4) is 0 Å². The van der Waals surface area contributed by atoms with E-state index in [4.69, 9.17) is 4.74 Å². The molecular formula is C15H29N3O. The average Bonchev–Trinajstić information content (AvgIpc) is 2.60. The van der Waals surface area contributed by atoms with Crippen molar-refractivity contribution in [3.63, 3.8) is 0 Å². The van der Waals surface area contributed by atoms with Crippen LogP contribution < -0.4 is 0 Å². The summed E-state index contributed by atoms with van der Waals surface area (Å²) < 4.78 is 7.51. The van der Waals surface area contributed by atoms with Gasteiger partial charge in [0.1, 0.15) is 0 Å². The first-order chi connectivity index (χ1) is 8.66. The summed E-state index contributed by atoms with van der Waals surface area (Å²) in [4.78, 5) is 0. The molecule has 0 saturated carbocycles. The number of hydrogen-bond donors (Lipinski definition) is 0. The minimum Gasteiger partial charge on any atom is -0.380 e. The fourth-order valence-electron chi connectivity index (χ4n) is 1.71. The summed E-state index contributed by atoms with van der Waals surface area (Å²) in [5.41, 5.74) is 1.65. The van der Waals surface area contributed by atoms with Crippen LogP contribution in [0.4, 0.5) is 0 Å². The number of hydrogen-bond acceptors (Lipinski definition) is 3. The quantitative estimate of drug-likeness (QED) is 0.742. The van der Waals surface area contributed by atoms with Crippen LogP contribution in [0.25, 0.3) is 0 Å². The Kier molecular flexibility index (Phi) is 5.53. The number of nitrogens with zero attached hydrogens (tertiary/aromatic N) is 3. The Bertz CT molecular complexity index is 371. The lowest BCUT2D eigenvalue weighted by Crippen LogP contribution is -2.12. The van der Waals surface area contributed by atoms with Crippen molar-refractivity contribution >= 4 is 0 Å². The molecule has 1 rings (SSSR count). The zero-order valence-corrected chi connectivity index (χ0v) is 13.4. The van der Waals surface area contributed by atoms with E-state index in [1.165, 1.54) is 0 Å². The zero-order valence-electron chi connectivity index (χ0n) is 13.4. The van der Waals surface area contributed by atoms with E-state index in [9.17, 15) is 0 Å². The van der Waals surface area contributed by atoms with Gasteiger partial charge in [0.05, 0.1) is 18.8 Å². The Morgan fingerprint density at radius 2 is 1.74 bits per heavy atom. The van der Waals surface area contributed by atoms with E-state index in [0.29, 0.717) is 12.0 Å². The van der Waals surface area contributed by atoms with Crippen LogP contribution in [-0.4, -0.2) is 28.2 Å². The van der Waals surface area contributed by atoms with Gasteiger partial charge < -0.3 is 4.74 Å². The van der Waals surface area contributed by atoms with Crippen LogP contribution in [0, 0.1) is 10.8 Å². The Morgan fingerprint density at radius 3 is 2.32 bits per heavy atom. The van der Waals surface area contributed by atoms with Gasteiger partial charge in [-0.25, -0.2) is 4.68 Å². The van der Waals surface area contributed by atoms with E-state index in [0.717, 1.165) is 31.7 Å². The molecule has 0 saturated heterocycles. The number of rotatable bonds is 6. The van der Waals surface area contributed by atoms with Crippen LogP contribution in [0.5, 0.6) is 0 Å². The molecule has 110 valence electrons. The summed E-state index contributed by atoms with van der Waals surface area (Å²) in [6, 6.07) is 0. The zero-order chi connectivity index (χ0) is 14.5. The minimum absolute atomic E-state index is 0.254. The van der Waals surface area contributed by atoms with Gasteiger partial charge in [0, 0.05) is 12.8 Å². The summed E-state index contributed by atoms with van der Waals surface area (Å²) in [5.74, 6) is 0. The third-order valence-electron chi connectivity index (χ3n) is 2.76. The van der Waals surface area contributed by atoms with E-state index in [1.807, 2.05) is 10.9 Å². The van der Waals surface area contributed by atoms with Crippen molar-refractivity contribution in [1.82, 2.24) is 15.0 Å². The van der Waals surface area contributed by atoms with Crippen molar-refractivity contribution in [3.05, 3.63) is 11.9 Å². The van der Waals surface area contributed by atoms with Crippen LogP contribution in [0.1, 0.15) is 53.7 Å². The topological polar surface area (TPSA) is 39.9 Å². The normalized spacial score (nSPS) is 12.9. The number of aromatic nitrogens is 3. The summed E-state index contributed by atoms with van der Waals surface area (Å²) >= 11 is 0. The SMILES string of the molecule is CC(C)(C)CCOCCn1cc(CC(C)(C)C)nn1. The summed E-state index contributed by atoms with van der Waals surface area (Å²) in [5, 5.41) is 8.33. The minimum atomic E-state index is 0.254. The predicted molar refractivity (Wildman–Crippen MR) is 78.1 cm³/mol. The van der Waals surface area contributed by atoms with Crippen molar-refractivity contribution in [2.45, 2.75) is 60.9 Å². The average molecular weight is 267 g/mol. The van der Waals surface area contributed by atoms with Crippen molar-refractivity contribution in [1.29, 1.82) is 0 Å². The van der Waals surface area contributed by atoms with Crippen LogP contribution >= 0.6 is 0 Å². The molecule has 0 unspecified atom stereocenters. The Morgan fingerprint density at radius 1 is 1.05 bits per heavy atom. The van der Waals surface area contributed by atoms with Crippen molar-refractivity contribution in [2.24, 2.45) is 10.8 Å². The molecule has 1 aromatic heterocycles. The molecule has 0 atom stereocenters. The highest BCUT2D eigenvalue weighted by Gasteiger charge is 2.14. The Labute approximate surface area is 117 Å². The second kappa shape index (κ2) is 6.51. The molecule has 0 fully saturated rings. The first-order valence-electron chi connectivity index (χ1n) is 7.12. The van der Waals surface area contributed by atoms with Gasteiger partial charge in [-0.15, -0.1) is 5.10 Å². The highest BCUT2D eigenvalue weighted by molar-refractivity contribution is 4.95. The Balaban J connectivity index is 2.24. The molecule has 0 spiro atoms. The first kappa shape index (κ1) is 16.2. The maximum atomic E-state index is 5.64. The molecule has 0 aliphatic carbocycles. The largest absolute Gasteiger partial charge is 0.380 e. The van der Waals surface area contributed by atoms with Gasteiger partial charge in [-0.3, -0.25) is 0 Å². The molecule has 0 aliphatic rings. The fourth-order valence-corrected chi connectivity index (χ4v) is 1.71. The van der Waals surface area contributed by atoms with Crippen LogP contribution in [0.15, 0.2) is 6.20 Å². The first-order valence-corrected chi connectivity index (χ1v) is 7.12. The predicted octanol–water partition coefficient (Wildman–Crippen LogP) is 3.32. The van der Waals surface area contributed by atoms with Gasteiger partial charge in [0.15, 0.2) is 0 Å². The third kappa shape index (κ3) is 7.98. The molecule has 0 aliphatic heterocycles. The summed E-state index contributed by atoms with van der Waals surface area (Å²) in [7, 11) is 0. The molecule has 0 N–H and O–H groups in total. The van der Waals surface area contributed by atoms with E-state index in [2.05, 4.69) is 51.9 Å². The summed E-state index contributed by atoms with van der Waals surface area (Å²) in [6.45, 7) is 15.6. The summed E-state index contributed by atoms with van der Waals surface area (Å²) in [6.07, 6.45) is 4.07. The molecule has 0 bridgehead atoms. The highest BCUT2D eigenvalue weighted by Crippen LogP contribution is 2.19. The van der Waals surface area contributed by atoms with Crippen molar-refractivity contribution < 1.29 is 4.74 Å². The third-order valence-corrected chi connectivity index (χ3v) is 2.76. The molecule has 0 radical (unpaired) electrons. The van der Waals surface area contributed by atoms with Gasteiger partial charge in [0.2, 0.25) is 0 Å². The fraction of sp³-hybridized carbons (Fsp3) is 0.867. The van der Waals surface area contributed by atoms with E-state index in [1.54, 1.807) is 0 Å². The van der Waals surface area contributed by atoms with Crippen LogP contribution in [-0.2, 0) is 17.7 Å². The van der Waals surface area contributed by atoms with Crippen molar-refractivity contribution in [2.75, 3.05) is 13.2 Å². The van der Waals surface area contributed by atoms with Crippen LogP contribution in [0.2, 0.25) is 0 Å². The Hall–Kier alpha value is -0.900. The van der Waals surface area contributed by atoms with Gasteiger partial charge in [-0.1, -0.05) is 46.8 Å². The van der Waals surface area contributed by atoms with Gasteiger partial charge in [-0.2, -0.15) is 0 Å². The van der Waals surface area contributed by atoms with Gasteiger partial charge >= 0.3 is 0 Å². The maximum absolute atomic E-state index is 5.64. The van der Waals surface area contributed by atoms with E-state index >= 15 is 0 Å². The standard InChI is InChI=1S/C15H29N3O/c1-14(2,3)7-9-19-10-8-18-12-13(16-17-18)11-15(4,5)6/h12H,7-11H2,1-6H3. The molecular weight excluding hydrogens is 238 g/mol. The molecule has 0 aromatic carbocycles. The lowest BCUT2D eigenvalue weighted by molar-refractivity contribution is 0.0996. The van der Waals surface area contributed by atoms with E-state index < -0.39 is 0 Å². The highest BCUT2D eigenvalue weighted by atomic mass is 16.5. The molecule has 19 heavy (non-hydrogen) atoms. The van der Waals surface area contributed by atoms with Gasteiger partial charge in [0.25, 0.3) is 0 Å². The van der Waals surface area contributed by atoms with Gasteiger partial charge in [-0.05, 0) is 23.7 Å². The molecule has 0 amide bonds. The lowest BCUT2D eigenvalue weighted by atomic mass is 9.91. The number of ether oxygens (including phenoxy) is 1. The molecule has 4 nitrogen and oxygen atoms in total.